The number of halogens is 3. The standard InChI is InChI=1S/C45H54F3N9O7S/c1-27-39(65-26-50-27)30-7-8-31(35(59)21-30)23-49-41(61)34-22-32(58)24-56(34)42(62)40(44(2,3)4)51-38(60)25-63-19-5-6-20-64-33-11-9-28(10-12-33)29-15-17-55(18-16-29)37-14-13-36-52-53-43(45(46,47)48)57(36)54-37/h7-12,21,26,29,34,40,59H,5-6,13-20,22-25H2,1-4H3,(H,49,61)(H,51,60). The first-order valence-electron chi connectivity index (χ1n) is 21.7. The van der Waals surface area contributed by atoms with E-state index < -0.39 is 47.2 Å². The molecule has 5 heterocycles. The minimum absolute atomic E-state index is 0.00743. The highest BCUT2D eigenvalue weighted by Gasteiger charge is 2.45. The number of thiazole rings is 1. The van der Waals surface area contributed by atoms with Crippen molar-refractivity contribution >= 4 is 40.7 Å². The first kappa shape index (κ1) is 47.1. The Morgan fingerprint density at radius 2 is 1.74 bits per heavy atom. The van der Waals surface area contributed by atoms with Crippen LogP contribution in [0.25, 0.3) is 10.4 Å². The lowest BCUT2D eigenvalue weighted by Gasteiger charge is -2.35. The summed E-state index contributed by atoms with van der Waals surface area (Å²) in [5.74, 6) is -1.12. The Labute approximate surface area is 378 Å². The molecule has 0 saturated carbocycles. The van der Waals surface area contributed by atoms with E-state index in [-0.39, 0.29) is 50.1 Å². The third-order valence-corrected chi connectivity index (χ3v) is 12.8. The maximum absolute atomic E-state index is 13.9. The van der Waals surface area contributed by atoms with Crippen LogP contribution in [0.15, 0.2) is 53.1 Å². The summed E-state index contributed by atoms with van der Waals surface area (Å²) < 4.78 is 52.5. The minimum atomic E-state index is -4.62. The van der Waals surface area contributed by atoms with E-state index in [0.717, 1.165) is 39.4 Å². The summed E-state index contributed by atoms with van der Waals surface area (Å²) in [6, 6.07) is 11.0. The summed E-state index contributed by atoms with van der Waals surface area (Å²) in [5.41, 5.74) is 4.25. The van der Waals surface area contributed by atoms with Crippen molar-refractivity contribution in [3.63, 3.8) is 0 Å². The Balaban J connectivity index is 0.803. The SMILES string of the molecule is Cc1ncsc1-c1ccc(CNC(=O)C2CC(=O)CN2C(=O)C(NC(=O)COCCCCOc2ccc(C3CCN(C4=Nn5c(nnc5C(F)(F)F)CC4)CC3)cc2)C(C)(C)C)c(O)c1. The van der Waals surface area contributed by atoms with Crippen molar-refractivity contribution in [1.29, 1.82) is 0 Å². The molecule has 3 aliphatic heterocycles. The van der Waals surface area contributed by atoms with E-state index in [9.17, 15) is 37.5 Å². The number of ether oxygens (including phenoxy) is 2. The Hall–Kier alpha value is -5.89. The molecule has 2 unspecified atom stereocenters. The fourth-order valence-electron chi connectivity index (χ4n) is 8.24. The van der Waals surface area contributed by atoms with Crippen LogP contribution in [0.3, 0.4) is 0 Å². The van der Waals surface area contributed by atoms with E-state index in [0.29, 0.717) is 62.7 Å². The van der Waals surface area contributed by atoms with E-state index >= 15 is 0 Å². The number of phenolic OH excluding ortho intramolecular Hbond substituents is 1. The van der Waals surface area contributed by atoms with Gasteiger partial charge in [-0.3, -0.25) is 19.2 Å². The van der Waals surface area contributed by atoms with Crippen molar-refractivity contribution in [2.45, 2.75) is 103 Å². The maximum Gasteiger partial charge on any atom is 0.453 e. The number of likely N-dealkylation sites (tertiary alicyclic amines) is 2. The molecule has 2 atom stereocenters. The summed E-state index contributed by atoms with van der Waals surface area (Å²) in [4.78, 5) is 61.4. The number of aryl methyl sites for hydroxylation is 2. The molecule has 2 aromatic carbocycles. The van der Waals surface area contributed by atoms with E-state index in [1.54, 1.807) is 38.4 Å². The number of rotatable bonds is 15. The number of ketones is 1. The van der Waals surface area contributed by atoms with Gasteiger partial charge in [0.05, 0.1) is 29.2 Å². The number of aromatic nitrogens is 4. The lowest BCUT2D eigenvalue weighted by atomic mass is 9.85. The molecule has 3 amide bonds. The van der Waals surface area contributed by atoms with Crippen LogP contribution in [0.1, 0.15) is 93.7 Å². The number of hydrogen-bond donors (Lipinski definition) is 3. The van der Waals surface area contributed by atoms with Crippen LogP contribution < -0.4 is 15.4 Å². The first-order chi connectivity index (χ1) is 31.0. The molecule has 2 fully saturated rings. The lowest BCUT2D eigenvalue weighted by molar-refractivity contribution is -0.147. The van der Waals surface area contributed by atoms with Crippen molar-refractivity contribution in [3.8, 4) is 21.9 Å². The van der Waals surface area contributed by atoms with Gasteiger partial charge < -0.3 is 35.0 Å². The van der Waals surface area contributed by atoms with Crippen molar-refractivity contribution in [2.75, 3.05) is 39.5 Å². The van der Waals surface area contributed by atoms with Gasteiger partial charge in [0.2, 0.25) is 17.7 Å². The third kappa shape index (κ3) is 11.5. The van der Waals surface area contributed by atoms with Crippen LogP contribution in [-0.4, -0.2) is 116 Å². The molecule has 0 spiro atoms. The average Bonchev–Trinajstić information content (AvgIpc) is 4.02. The van der Waals surface area contributed by atoms with Crippen LogP contribution in [0.2, 0.25) is 0 Å². The van der Waals surface area contributed by atoms with Crippen LogP contribution in [0, 0.1) is 12.3 Å². The number of amides is 3. The molecule has 2 saturated heterocycles. The number of benzene rings is 2. The van der Waals surface area contributed by atoms with Gasteiger partial charge in [-0.05, 0) is 73.3 Å². The average molecular weight is 922 g/mol. The van der Waals surface area contributed by atoms with Gasteiger partial charge in [0.1, 0.15) is 36.0 Å². The van der Waals surface area contributed by atoms with E-state index in [1.165, 1.54) is 21.8 Å². The van der Waals surface area contributed by atoms with Crippen molar-refractivity contribution in [3.05, 3.63) is 76.4 Å². The molecule has 0 radical (unpaired) electrons. The van der Waals surface area contributed by atoms with Crippen LogP contribution >= 0.6 is 11.3 Å². The molecular formula is C45H54F3N9O7S. The molecule has 20 heteroatoms. The topological polar surface area (TPSA) is 193 Å². The monoisotopic (exact) mass is 921 g/mol. The molecule has 0 aliphatic carbocycles. The number of hydrogen-bond acceptors (Lipinski definition) is 13. The van der Waals surface area contributed by atoms with Crippen molar-refractivity contribution in [2.24, 2.45) is 10.5 Å². The van der Waals surface area contributed by atoms with Gasteiger partial charge in [-0.15, -0.1) is 21.5 Å². The number of carbonyl (C=O) groups excluding carboxylic acids is 4. The molecule has 2 aromatic heterocycles. The van der Waals surface area contributed by atoms with E-state index in [4.69, 9.17) is 9.47 Å². The van der Waals surface area contributed by atoms with Gasteiger partial charge in [0, 0.05) is 51.1 Å². The number of nitrogens with one attached hydrogen (secondary N) is 2. The smallest absolute Gasteiger partial charge is 0.453 e. The fraction of sp³-hybridized carbons (Fsp3) is 0.511. The Morgan fingerprint density at radius 3 is 2.42 bits per heavy atom. The molecule has 7 rings (SSSR count). The Morgan fingerprint density at radius 1 is 1.00 bits per heavy atom. The third-order valence-electron chi connectivity index (χ3n) is 11.8. The number of alkyl halides is 3. The lowest BCUT2D eigenvalue weighted by Crippen LogP contribution is -2.58. The highest BCUT2D eigenvalue weighted by atomic mass is 32.1. The normalized spacial score (nSPS) is 17.4. The van der Waals surface area contributed by atoms with Crippen molar-refractivity contribution in [1.82, 2.24) is 40.3 Å². The number of aromatic hydroxyl groups is 1. The zero-order valence-corrected chi connectivity index (χ0v) is 37.6. The zero-order chi connectivity index (χ0) is 46.5. The predicted octanol–water partition coefficient (Wildman–Crippen LogP) is 5.61. The quantitative estimate of drug-likeness (QED) is 0.126. The number of phenols is 1. The second-order valence-electron chi connectivity index (χ2n) is 17.6. The number of carbonyl (C=O) groups is 4. The van der Waals surface area contributed by atoms with E-state index in [1.807, 2.05) is 37.3 Å². The maximum atomic E-state index is 13.9. The molecular weight excluding hydrogens is 868 g/mol. The summed E-state index contributed by atoms with van der Waals surface area (Å²) >= 11 is 1.46. The second kappa shape index (κ2) is 20.1. The van der Waals surface area contributed by atoms with Crippen LogP contribution in [0.4, 0.5) is 13.2 Å². The predicted molar refractivity (Wildman–Crippen MR) is 234 cm³/mol. The number of nitrogens with zero attached hydrogens (tertiary/aromatic N) is 7. The number of amidine groups is 1. The fourth-order valence-corrected chi connectivity index (χ4v) is 9.04. The van der Waals surface area contributed by atoms with Gasteiger partial charge in [-0.25, -0.2) is 4.98 Å². The summed E-state index contributed by atoms with van der Waals surface area (Å²) in [6.07, 6.45) is -0.955. The molecule has 0 bridgehead atoms. The number of piperidine rings is 1. The first-order valence-corrected chi connectivity index (χ1v) is 22.6. The van der Waals surface area contributed by atoms with Gasteiger partial charge in [0.25, 0.3) is 5.82 Å². The second-order valence-corrected chi connectivity index (χ2v) is 18.5. The molecule has 4 aromatic rings. The Kier molecular flexibility index (Phi) is 14.6. The number of unbranched alkanes of at least 4 members (excludes halogenated alkanes) is 1. The number of fused-ring (bicyclic) bond motifs is 1. The molecule has 3 N–H and O–H groups in total. The van der Waals surface area contributed by atoms with Crippen LogP contribution in [0.5, 0.6) is 11.5 Å². The van der Waals surface area contributed by atoms with Crippen LogP contribution in [-0.2, 0) is 43.1 Å². The van der Waals surface area contributed by atoms with Gasteiger partial charge in [-0.1, -0.05) is 45.0 Å². The molecule has 3 aliphatic rings. The summed E-state index contributed by atoms with van der Waals surface area (Å²) in [5, 5.41) is 27.4. The van der Waals surface area contributed by atoms with Crippen molar-refractivity contribution < 1.29 is 46.9 Å². The van der Waals surface area contributed by atoms with Gasteiger partial charge in [0.15, 0.2) is 11.6 Å². The largest absolute Gasteiger partial charge is 0.508 e. The van der Waals surface area contributed by atoms with Gasteiger partial charge in [-0.2, -0.15) is 22.9 Å². The minimum Gasteiger partial charge on any atom is -0.508 e. The molecule has 348 valence electrons. The van der Waals surface area contributed by atoms with Gasteiger partial charge >= 0.3 is 6.18 Å². The summed E-state index contributed by atoms with van der Waals surface area (Å²) in [6.45, 7) is 8.75. The summed E-state index contributed by atoms with van der Waals surface area (Å²) in [7, 11) is 0. The van der Waals surface area contributed by atoms with E-state index in [2.05, 4.69) is 35.8 Å². The molecule has 16 nitrogen and oxygen atoms in total. The molecule has 65 heavy (non-hydrogen) atoms. The Bertz CT molecular complexity index is 2390. The number of Topliss-reactive ketones (excluding diaryl/α,β-unsaturated/α-hetero) is 1. The highest BCUT2D eigenvalue weighted by molar-refractivity contribution is 7.13. The highest BCUT2D eigenvalue weighted by Crippen LogP contribution is 2.34. The zero-order valence-electron chi connectivity index (χ0n) is 36.8.